The van der Waals surface area contributed by atoms with Gasteiger partial charge in [-0.1, -0.05) is 35.9 Å². The molecule has 0 spiro atoms. The third-order valence-corrected chi connectivity index (χ3v) is 3.25. The number of rotatable bonds is 7. The number of carbonyl (C=O) groups excluding carboxylic acids is 1. The van der Waals surface area contributed by atoms with Crippen LogP contribution in [0.25, 0.3) is 0 Å². The molecule has 0 radical (unpaired) electrons. The normalized spacial score (nSPS) is 10.1. The van der Waals surface area contributed by atoms with Gasteiger partial charge in [-0.15, -0.1) is 0 Å². The van der Waals surface area contributed by atoms with Gasteiger partial charge in [0.1, 0.15) is 12.4 Å². The molecule has 0 bridgehead atoms. The zero-order chi connectivity index (χ0) is 16.7. The van der Waals surface area contributed by atoms with E-state index >= 15 is 0 Å². The highest BCUT2D eigenvalue weighted by Crippen LogP contribution is 2.17. The standard InChI is InChI=1S/C17H18N2O4/c1-13-6-8-15(9-7-13)23-11-10-18-17(20)12-14-4-2-3-5-16(14)19(21)22/h2-9H,10-12H2,1H3,(H,18,20). The van der Waals surface area contributed by atoms with E-state index in [1.165, 1.54) is 6.07 Å². The summed E-state index contributed by atoms with van der Waals surface area (Å²) in [6.07, 6.45) is -0.0261. The number of nitrogens with one attached hydrogen (secondary N) is 1. The van der Waals surface area contributed by atoms with Crippen LogP contribution in [0, 0.1) is 17.0 Å². The van der Waals surface area contributed by atoms with Crippen molar-refractivity contribution in [3.05, 3.63) is 69.8 Å². The van der Waals surface area contributed by atoms with Crippen LogP contribution in [0.1, 0.15) is 11.1 Å². The molecule has 23 heavy (non-hydrogen) atoms. The highest BCUT2D eigenvalue weighted by Gasteiger charge is 2.15. The maximum atomic E-state index is 11.9. The molecule has 0 aliphatic heterocycles. The number of aryl methyl sites for hydroxylation is 1. The van der Waals surface area contributed by atoms with Crippen molar-refractivity contribution in [2.75, 3.05) is 13.2 Å². The minimum Gasteiger partial charge on any atom is -0.492 e. The van der Waals surface area contributed by atoms with Gasteiger partial charge in [0, 0.05) is 11.6 Å². The number of para-hydroxylation sites is 1. The molecular weight excluding hydrogens is 296 g/mol. The maximum absolute atomic E-state index is 11.9. The molecule has 0 saturated carbocycles. The quantitative estimate of drug-likeness (QED) is 0.484. The molecule has 6 heteroatoms. The SMILES string of the molecule is Cc1ccc(OCCNC(=O)Cc2ccccc2[N+](=O)[O-])cc1. The van der Waals surface area contributed by atoms with E-state index in [9.17, 15) is 14.9 Å². The molecule has 1 amide bonds. The first-order valence-electron chi connectivity index (χ1n) is 7.25. The largest absolute Gasteiger partial charge is 0.492 e. The van der Waals surface area contributed by atoms with Gasteiger partial charge >= 0.3 is 0 Å². The van der Waals surface area contributed by atoms with Crippen molar-refractivity contribution >= 4 is 11.6 Å². The van der Waals surface area contributed by atoms with Crippen LogP contribution in [-0.2, 0) is 11.2 Å². The fourth-order valence-electron chi connectivity index (χ4n) is 2.07. The molecule has 0 fully saturated rings. The van der Waals surface area contributed by atoms with Gasteiger partial charge in [-0.25, -0.2) is 0 Å². The van der Waals surface area contributed by atoms with Gasteiger partial charge in [0.25, 0.3) is 5.69 Å². The first-order chi connectivity index (χ1) is 11.1. The van der Waals surface area contributed by atoms with E-state index in [0.29, 0.717) is 18.7 Å². The second-order valence-electron chi connectivity index (χ2n) is 5.07. The summed E-state index contributed by atoms with van der Waals surface area (Å²) in [6, 6.07) is 13.9. The monoisotopic (exact) mass is 314 g/mol. The zero-order valence-electron chi connectivity index (χ0n) is 12.8. The predicted molar refractivity (Wildman–Crippen MR) is 86.5 cm³/mol. The third-order valence-electron chi connectivity index (χ3n) is 3.25. The Bertz CT molecular complexity index is 683. The zero-order valence-corrected chi connectivity index (χ0v) is 12.8. The first-order valence-corrected chi connectivity index (χ1v) is 7.25. The van der Waals surface area contributed by atoms with E-state index in [1.807, 2.05) is 31.2 Å². The molecule has 2 aromatic carbocycles. The number of ether oxygens (including phenoxy) is 1. The van der Waals surface area contributed by atoms with Crippen molar-refractivity contribution in [2.24, 2.45) is 0 Å². The van der Waals surface area contributed by atoms with Crippen LogP contribution >= 0.6 is 0 Å². The molecule has 2 aromatic rings. The number of nitro groups is 1. The average molecular weight is 314 g/mol. The summed E-state index contributed by atoms with van der Waals surface area (Å²) < 4.78 is 5.50. The third kappa shape index (κ3) is 5.10. The summed E-state index contributed by atoms with van der Waals surface area (Å²) in [4.78, 5) is 22.3. The Balaban J connectivity index is 1.77. The van der Waals surface area contributed by atoms with Gasteiger partial charge in [-0.2, -0.15) is 0 Å². The van der Waals surface area contributed by atoms with Crippen molar-refractivity contribution in [3.8, 4) is 5.75 Å². The van der Waals surface area contributed by atoms with E-state index < -0.39 is 4.92 Å². The van der Waals surface area contributed by atoms with Crippen LogP contribution < -0.4 is 10.1 Å². The lowest BCUT2D eigenvalue weighted by atomic mass is 10.1. The predicted octanol–water partition coefficient (Wildman–Crippen LogP) is 2.64. The van der Waals surface area contributed by atoms with Gasteiger partial charge in [-0.3, -0.25) is 14.9 Å². The topological polar surface area (TPSA) is 81.5 Å². The molecule has 0 unspecified atom stereocenters. The van der Waals surface area contributed by atoms with Gasteiger partial charge in [-0.05, 0) is 19.1 Å². The van der Waals surface area contributed by atoms with Gasteiger partial charge in [0.15, 0.2) is 0 Å². The summed E-state index contributed by atoms with van der Waals surface area (Å²) in [6.45, 7) is 2.67. The minimum absolute atomic E-state index is 0.0261. The summed E-state index contributed by atoms with van der Waals surface area (Å²) in [5, 5.41) is 13.6. The molecule has 2 rings (SSSR count). The van der Waals surface area contributed by atoms with E-state index in [4.69, 9.17) is 4.74 Å². The number of benzene rings is 2. The molecule has 0 aromatic heterocycles. The Kier molecular flexibility index (Phi) is 5.68. The molecule has 0 atom stereocenters. The fourth-order valence-corrected chi connectivity index (χ4v) is 2.07. The van der Waals surface area contributed by atoms with E-state index in [-0.39, 0.29) is 18.0 Å². The second kappa shape index (κ2) is 7.93. The lowest BCUT2D eigenvalue weighted by molar-refractivity contribution is -0.385. The Morgan fingerprint density at radius 3 is 2.57 bits per heavy atom. The highest BCUT2D eigenvalue weighted by atomic mass is 16.6. The van der Waals surface area contributed by atoms with Crippen molar-refractivity contribution in [1.82, 2.24) is 5.32 Å². The lowest BCUT2D eigenvalue weighted by Gasteiger charge is -2.08. The molecule has 1 N–H and O–H groups in total. The Labute approximate surface area is 134 Å². The molecular formula is C17H18N2O4. The van der Waals surface area contributed by atoms with E-state index in [0.717, 1.165) is 11.3 Å². The van der Waals surface area contributed by atoms with Crippen molar-refractivity contribution in [1.29, 1.82) is 0 Å². The van der Waals surface area contributed by atoms with Crippen LogP contribution in [-0.4, -0.2) is 24.0 Å². The van der Waals surface area contributed by atoms with Gasteiger partial charge in [0.2, 0.25) is 5.91 Å². The summed E-state index contributed by atoms with van der Waals surface area (Å²) in [7, 11) is 0. The maximum Gasteiger partial charge on any atom is 0.273 e. The van der Waals surface area contributed by atoms with E-state index in [2.05, 4.69) is 5.32 Å². The van der Waals surface area contributed by atoms with Gasteiger partial charge in [0.05, 0.1) is 17.9 Å². The van der Waals surface area contributed by atoms with Crippen molar-refractivity contribution < 1.29 is 14.5 Å². The summed E-state index contributed by atoms with van der Waals surface area (Å²) in [5.41, 5.74) is 1.50. The van der Waals surface area contributed by atoms with Crippen LogP contribution in [0.2, 0.25) is 0 Å². The van der Waals surface area contributed by atoms with Crippen LogP contribution in [0.5, 0.6) is 5.75 Å². The van der Waals surface area contributed by atoms with Crippen LogP contribution in [0.4, 0.5) is 5.69 Å². The Morgan fingerprint density at radius 2 is 1.87 bits per heavy atom. The minimum atomic E-state index is -0.483. The number of hydrogen-bond acceptors (Lipinski definition) is 4. The number of amides is 1. The number of carbonyl (C=O) groups is 1. The summed E-state index contributed by atoms with van der Waals surface area (Å²) >= 11 is 0. The number of hydrogen-bond donors (Lipinski definition) is 1. The molecule has 0 saturated heterocycles. The molecule has 6 nitrogen and oxygen atoms in total. The molecule has 0 aliphatic rings. The average Bonchev–Trinajstić information content (AvgIpc) is 2.53. The van der Waals surface area contributed by atoms with Crippen molar-refractivity contribution in [3.63, 3.8) is 0 Å². The van der Waals surface area contributed by atoms with Crippen LogP contribution in [0.15, 0.2) is 48.5 Å². The van der Waals surface area contributed by atoms with E-state index in [1.54, 1.807) is 18.2 Å². The molecule has 0 aliphatic carbocycles. The fraction of sp³-hybridized carbons (Fsp3) is 0.235. The van der Waals surface area contributed by atoms with Crippen LogP contribution in [0.3, 0.4) is 0 Å². The lowest BCUT2D eigenvalue weighted by Crippen LogP contribution is -2.29. The first kappa shape index (κ1) is 16.5. The number of nitro benzene ring substituents is 1. The highest BCUT2D eigenvalue weighted by molar-refractivity contribution is 5.79. The molecule has 0 heterocycles. The smallest absolute Gasteiger partial charge is 0.273 e. The Hall–Kier alpha value is -2.89. The summed E-state index contributed by atoms with van der Waals surface area (Å²) in [5.74, 6) is 0.468. The Morgan fingerprint density at radius 1 is 1.17 bits per heavy atom. The number of nitrogens with zero attached hydrogens (tertiary/aromatic N) is 1. The molecule has 120 valence electrons. The van der Waals surface area contributed by atoms with Crippen molar-refractivity contribution in [2.45, 2.75) is 13.3 Å². The second-order valence-corrected chi connectivity index (χ2v) is 5.07. The van der Waals surface area contributed by atoms with Gasteiger partial charge < -0.3 is 10.1 Å².